The summed E-state index contributed by atoms with van der Waals surface area (Å²) in [4.78, 5) is 49.8. The van der Waals surface area contributed by atoms with Crippen molar-refractivity contribution in [2.75, 3.05) is 13.1 Å². The summed E-state index contributed by atoms with van der Waals surface area (Å²) in [7, 11) is 1.77. The molecule has 0 radical (unpaired) electrons. The molecule has 0 atom stereocenters. The van der Waals surface area contributed by atoms with Crippen LogP contribution >= 0.6 is 23.2 Å². The zero-order chi connectivity index (χ0) is 26.5. The number of benzene rings is 1. The van der Waals surface area contributed by atoms with Crippen LogP contribution in [0.1, 0.15) is 28.7 Å². The van der Waals surface area contributed by atoms with Gasteiger partial charge in [-0.2, -0.15) is 0 Å². The summed E-state index contributed by atoms with van der Waals surface area (Å²) < 4.78 is 16.9. The summed E-state index contributed by atoms with van der Waals surface area (Å²) in [5.74, 6) is -0.321. The fourth-order valence-electron chi connectivity index (χ4n) is 4.54. The number of amides is 2. The molecule has 0 aliphatic carbocycles. The number of carbonyl (C=O) groups is 2. The van der Waals surface area contributed by atoms with Crippen molar-refractivity contribution >= 4 is 57.1 Å². The summed E-state index contributed by atoms with van der Waals surface area (Å²) >= 11 is 12.0. The Hall–Kier alpha value is -3.50. The van der Waals surface area contributed by atoms with Gasteiger partial charge in [-0.3, -0.25) is 19.0 Å². The van der Waals surface area contributed by atoms with E-state index in [4.69, 9.17) is 23.2 Å². The van der Waals surface area contributed by atoms with Gasteiger partial charge in [-0.05, 0) is 30.7 Å². The molecule has 1 aromatic carbocycles. The van der Waals surface area contributed by atoms with Crippen LogP contribution in [0.15, 0.2) is 41.3 Å². The molecule has 37 heavy (non-hydrogen) atoms. The number of fused-ring (bicyclic) bond motifs is 3. The van der Waals surface area contributed by atoms with Crippen LogP contribution in [-0.4, -0.2) is 54.6 Å². The van der Waals surface area contributed by atoms with Gasteiger partial charge in [0.1, 0.15) is 34.8 Å². The number of hydrogen-bond donors (Lipinski definition) is 1. The van der Waals surface area contributed by atoms with Crippen LogP contribution < -0.4 is 10.9 Å². The second-order valence-electron chi connectivity index (χ2n) is 9.37. The van der Waals surface area contributed by atoms with Gasteiger partial charge in [0.2, 0.25) is 5.91 Å². The second kappa shape index (κ2) is 9.42. The van der Waals surface area contributed by atoms with E-state index in [-0.39, 0.29) is 43.3 Å². The van der Waals surface area contributed by atoms with E-state index in [1.807, 2.05) is 0 Å². The quantitative estimate of drug-likeness (QED) is 0.375. The number of likely N-dealkylation sites (tertiary alicyclic amines) is 1. The van der Waals surface area contributed by atoms with E-state index in [1.165, 1.54) is 24.1 Å². The van der Waals surface area contributed by atoms with Crippen molar-refractivity contribution in [3.05, 3.63) is 68.9 Å². The maximum absolute atomic E-state index is 14.0. The number of rotatable bonds is 6. The largest absolute Gasteiger partial charge is 0.348 e. The molecule has 0 bridgehead atoms. The van der Waals surface area contributed by atoms with Gasteiger partial charge in [0.05, 0.1) is 30.7 Å². The standard InChI is InChI=1S/C25H23Cl2FN6O3/c1-25(28)12-33(13-25)20(35)11-34-22-16(21-18(10-29-22)31-19(8-26)32(21)2)7-17(24(34)37)23(36)30-9-14-3-5-15(27)6-4-14/h3-7,10H,8-9,11-13H2,1-2H3,(H,30,36). The van der Waals surface area contributed by atoms with Gasteiger partial charge in [0, 0.05) is 24.0 Å². The van der Waals surface area contributed by atoms with E-state index < -0.39 is 23.0 Å². The topological polar surface area (TPSA) is 102 Å². The first-order valence-electron chi connectivity index (χ1n) is 11.5. The van der Waals surface area contributed by atoms with E-state index in [9.17, 15) is 18.8 Å². The average molecular weight is 545 g/mol. The Bertz CT molecular complexity index is 1610. The van der Waals surface area contributed by atoms with Crippen molar-refractivity contribution in [1.29, 1.82) is 0 Å². The van der Waals surface area contributed by atoms with Crippen LogP contribution in [0.2, 0.25) is 5.02 Å². The van der Waals surface area contributed by atoms with Gasteiger partial charge in [-0.1, -0.05) is 23.7 Å². The predicted octanol–water partition coefficient (Wildman–Crippen LogP) is 3.18. The Morgan fingerprint density at radius 3 is 2.57 bits per heavy atom. The van der Waals surface area contributed by atoms with E-state index in [0.717, 1.165) is 10.1 Å². The number of nitrogens with zero attached hydrogens (tertiary/aromatic N) is 5. The molecule has 192 valence electrons. The normalized spacial score (nSPS) is 14.7. The predicted molar refractivity (Wildman–Crippen MR) is 139 cm³/mol. The Morgan fingerprint density at radius 1 is 1.22 bits per heavy atom. The molecule has 4 heterocycles. The average Bonchev–Trinajstić information content (AvgIpc) is 3.19. The molecule has 0 saturated carbocycles. The molecule has 5 rings (SSSR count). The Kier molecular flexibility index (Phi) is 6.41. The van der Waals surface area contributed by atoms with Crippen molar-refractivity contribution in [2.24, 2.45) is 7.05 Å². The molecule has 1 saturated heterocycles. The van der Waals surface area contributed by atoms with Crippen LogP contribution in [-0.2, 0) is 30.8 Å². The molecule has 1 aliphatic heterocycles. The minimum absolute atomic E-state index is 0.0573. The zero-order valence-corrected chi connectivity index (χ0v) is 21.6. The molecule has 0 spiro atoms. The molecular formula is C25H23Cl2FN6O3. The van der Waals surface area contributed by atoms with Crippen LogP contribution in [0.5, 0.6) is 0 Å². The molecule has 3 aromatic heterocycles. The molecule has 4 aromatic rings. The number of pyridine rings is 2. The van der Waals surface area contributed by atoms with Crippen molar-refractivity contribution in [1.82, 2.24) is 29.3 Å². The van der Waals surface area contributed by atoms with Gasteiger partial charge < -0.3 is 14.8 Å². The van der Waals surface area contributed by atoms with E-state index in [0.29, 0.717) is 27.3 Å². The molecule has 1 N–H and O–H groups in total. The number of alkyl halides is 2. The highest BCUT2D eigenvalue weighted by molar-refractivity contribution is 6.30. The second-order valence-corrected chi connectivity index (χ2v) is 10.1. The molecule has 1 aliphatic rings. The van der Waals surface area contributed by atoms with Gasteiger partial charge in [0.15, 0.2) is 0 Å². The lowest BCUT2D eigenvalue weighted by Crippen LogP contribution is -2.60. The molecule has 0 unspecified atom stereocenters. The lowest BCUT2D eigenvalue weighted by Gasteiger charge is -2.42. The third-order valence-electron chi connectivity index (χ3n) is 6.46. The summed E-state index contributed by atoms with van der Waals surface area (Å²) in [6.45, 7) is 1.08. The monoisotopic (exact) mass is 544 g/mol. The maximum Gasteiger partial charge on any atom is 0.265 e. The minimum atomic E-state index is -1.46. The Balaban J connectivity index is 1.59. The zero-order valence-electron chi connectivity index (χ0n) is 20.1. The number of hydrogen-bond acceptors (Lipinski definition) is 5. The van der Waals surface area contributed by atoms with Gasteiger partial charge in [-0.25, -0.2) is 14.4 Å². The van der Waals surface area contributed by atoms with Gasteiger partial charge >= 0.3 is 0 Å². The lowest BCUT2D eigenvalue weighted by atomic mass is 9.99. The number of imidazole rings is 1. The van der Waals surface area contributed by atoms with E-state index in [1.54, 1.807) is 35.9 Å². The van der Waals surface area contributed by atoms with Gasteiger partial charge in [-0.15, -0.1) is 11.6 Å². The summed E-state index contributed by atoms with van der Waals surface area (Å²) in [6, 6.07) is 8.41. The molecule has 9 nitrogen and oxygen atoms in total. The number of aromatic nitrogens is 4. The Labute approximate surface area is 220 Å². The first-order valence-corrected chi connectivity index (χ1v) is 12.4. The first kappa shape index (κ1) is 25.2. The first-order chi connectivity index (χ1) is 17.6. The van der Waals surface area contributed by atoms with E-state index >= 15 is 0 Å². The van der Waals surface area contributed by atoms with Crippen LogP contribution in [0, 0.1) is 0 Å². The van der Waals surface area contributed by atoms with Crippen molar-refractivity contribution in [3.8, 4) is 0 Å². The molecular weight excluding hydrogens is 522 g/mol. The number of halogens is 3. The van der Waals surface area contributed by atoms with Crippen LogP contribution in [0.25, 0.3) is 22.1 Å². The molecule has 12 heteroatoms. The van der Waals surface area contributed by atoms with Crippen molar-refractivity contribution in [2.45, 2.75) is 31.6 Å². The summed E-state index contributed by atoms with van der Waals surface area (Å²) in [5.41, 5.74) is -0.125. The third-order valence-corrected chi connectivity index (χ3v) is 6.95. The molecule has 2 amide bonds. The fraction of sp³-hybridized carbons (Fsp3) is 0.320. The van der Waals surface area contributed by atoms with E-state index in [2.05, 4.69) is 15.3 Å². The fourth-order valence-corrected chi connectivity index (χ4v) is 4.90. The van der Waals surface area contributed by atoms with Crippen LogP contribution in [0.4, 0.5) is 4.39 Å². The van der Waals surface area contributed by atoms with Gasteiger partial charge in [0.25, 0.3) is 11.5 Å². The molecule has 1 fully saturated rings. The number of carbonyl (C=O) groups excluding carboxylic acids is 2. The minimum Gasteiger partial charge on any atom is -0.348 e. The lowest BCUT2D eigenvalue weighted by molar-refractivity contribution is -0.144. The Morgan fingerprint density at radius 2 is 1.92 bits per heavy atom. The number of aryl methyl sites for hydroxylation is 1. The SMILES string of the molecule is Cn1c(CCl)nc2cnc3c(cc(C(=O)NCc4ccc(Cl)cc4)c(=O)n3CC(=O)N3CC(C)(F)C3)c21. The summed E-state index contributed by atoms with van der Waals surface area (Å²) in [5, 5.41) is 3.78. The van der Waals surface area contributed by atoms with Crippen molar-refractivity contribution < 1.29 is 14.0 Å². The number of nitrogens with one attached hydrogen (secondary N) is 1. The highest BCUT2D eigenvalue weighted by Crippen LogP contribution is 2.27. The maximum atomic E-state index is 14.0. The third kappa shape index (κ3) is 4.67. The van der Waals surface area contributed by atoms with Crippen molar-refractivity contribution in [3.63, 3.8) is 0 Å². The highest BCUT2D eigenvalue weighted by Gasteiger charge is 2.41. The highest BCUT2D eigenvalue weighted by atomic mass is 35.5. The summed E-state index contributed by atoms with van der Waals surface area (Å²) in [6.07, 6.45) is 1.50. The smallest absolute Gasteiger partial charge is 0.265 e. The van der Waals surface area contributed by atoms with Crippen LogP contribution in [0.3, 0.4) is 0 Å².